The minimum Gasteiger partial charge on any atom is -0.550 e. The second-order valence-electron chi connectivity index (χ2n) is 5.53. The van der Waals surface area contributed by atoms with Gasteiger partial charge in [0.25, 0.3) is 0 Å². The average molecular weight is 352 g/mol. The zero-order valence-electron chi connectivity index (χ0n) is 13.9. The van der Waals surface area contributed by atoms with Crippen LogP contribution in [0.3, 0.4) is 0 Å². The summed E-state index contributed by atoms with van der Waals surface area (Å²) < 4.78 is 6.54. The number of nitrogens with zero attached hydrogens (tertiary/aromatic N) is 1. The lowest BCUT2D eigenvalue weighted by atomic mass is 10.1. The van der Waals surface area contributed by atoms with Crippen molar-refractivity contribution >= 4 is 39.2 Å². The van der Waals surface area contributed by atoms with E-state index in [0.29, 0.717) is 13.0 Å². The van der Waals surface area contributed by atoms with E-state index in [0.717, 1.165) is 32.1 Å². The van der Waals surface area contributed by atoms with Gasteiger partial charge in [-0.15, -0.1) is 11.3 Å². The van der Waals surface area contributed by atoms with Crippen molar-refractivity contribution in [1.29, 1.82) is 0 Å². The van der Waals surface area contributed by atoms with E-state index in [-0.39, 0.29) is 6.42 Å². The SMILES string of the molecule is CCOc1ccc(/C=C(\CCC(=O)[O-])c2nc3ccccc3s2)cc1. The van der Waals surface area contributed by atoms with Crippen LogP contribution in [0.25, 0.3) is 21.9 Å². The van der Waals surface area contributed by atoms with E-state index in [1.807, 2.05) is 61.5 Å². The van der Waals surface area contributed by atoms with E-state index in [2.05, 4.69) is 4.98 Å². The number of carbonyl (C=O) groups is 1. The Morgan fingerprint density at radius 2 is 1.92 bits per heavy atom. The standard InChI is InChI=1S/C20H19NO3S/c1-2-24-16-10-7-14(8-11-16)13-15(9-12-19(22)23)20-21-17-5-3-4-6-18(17)25-20/h3-8,10-11,13H,2,9,12H2,1H3,(H,22,23)/p-1/b15-13+. The second-order valence-corrected chi connectivity index (χ2v) is 6.56. The Labute approximate surface area is 150 Å². The maximum absolute atomic E-state index is 10.9. The lowest BCUT2D eigenvalue weighted by Gasteiger charge is -2.07. The molecule has 0 amide bonds. The molecule has 0 radical (unpaired) electrons. The van der Waals surface area contributed by atoms with Crippen LogP contribution in [0, 0.1) is 0 Å². The van der Waals surface area contributed by atoms with Crippen LogP contribution in [0.15, 0.2) is 48.5 Å². The maximum atomic E-state index is 10.9. The molecule has 0 aliphatic carbocycles. The number of fused-ring (bicyclic) bond motifs is 1. The third-order valence-electron chi connectivity index (χ3n) is 3.70. The lowest BCUT2D eigenvalue weighted by molar-refractivity contribution is -0.305. The Balaban J connectivity index is 1.94. The van der Waals surface area contributed by atoms with E-state index in [4.69, 9.17) is 4.74 Å². The number of thiazole rings is 1. The number of carbonyl (C=O) groups excluding carboxylic acids is 1. The van der Waals surface area contributed by atoms with Crippen molar-refractivity contribution in [2.45, 2.75) is 19.8 Å². The fourth-order valence-electron chi connectivity index (χ4n) is 2.52. The molecule has 0 spiro atoms. The molecule has 128 valence electrons. The van der Waals surface area contributed by atoms with Crippen LogP contribution in [0.1, 0.15) is 30.3 Å². The molecule has 0 bridgehead atoms. The maximum Gasteiger partial charge on any atom is 0.120 e. The highest BCUT2D eigenvalue weighted by Gasteiger charge is 2.09. The Bertz CT molecular complexity index is 864. The van der Waals surface area contributed by atoms with Crippen LogP contribution in [-0.4, -0.2) is 17.6 Å². The largest absolute Gasteiger partial charge is 0.550 e. The van der Waals surface area contributed by atoms with Gasteiger partial charge in [0, 0.05) is 5.97 Å². The zero-order valence-corrected chi connectivity index (χ0v) is 14.7. The molecule has 4 nitrogen and oxygen atoms in total. The Hall–Kier alpha value is -2.66. The number of ether oxygens (including phenoxy) is 1. The molecule has 3 rings (SSSR count). The first-order chi connectivity index (χ1) is 12.2. The summed E-state index contributed by atoms with van der Waals surface area (Å²) in [5.41, 5.74) is 2.80. The number of allylic oxidation sites excluding steroid dienone is 1. The summed E-state index contributed by atoms with van der Waals surface area (Å²) in [6, 6.07) is 15.6. The van der Waals surface area contributed by atoms with Crippen LogP contribution in [-0.2, 0) is 4.79 Å². The quantitative estimate of drug-likeness (QED) is 0.649. The van der Waals surface area contributed by atoms with E-state index >= 15 is 0 Å². The molecule has 2 aromatic carbocycles. The molecule has 3 aromatic rings. The van der Waals surface area contributed by atoms with E-state index in [9.17, 15) is 9.90 Å². The topological polar surface area (TPSA) is 62.2 Å². The normalized spacial score (nSPS) is 11.6. The van der Waals surface area contributed by atoms with Gasteiger partial charge in [0.1, 0.15) is 10.8 Å². The molecule has 0 atom stereocenters. The summed E-state index contributed by atoms with van der Waals surface area (Å²) in [5.74, 6) is -0.241. The van der Waals surface area contributed by atoms with Crippen molar-refractivity contribution in [3.8, 4) is 5.75 Å². The number of rotatable bonds is 7. The fraction of sp³-hybridized carbons (Fsp3) is 0.200. The van der Waals surface area contributed by atoms with Crippen molar-refractivity contribution in [3.63, 3.8) is 0 Å². The first-order valence-corrected chi connectivity index (χ1v) is 8.96. The van der Waals surface area contributed by atoms with E-state index < -0.39 is 5.97 Å². The highest BCUT2D eigenvalue weighted by atomic mass is 32.1. The molecule has 1 aromatic heterocycles. The van der Waals surface area contributed by atoms with Crippen molar-refractivity contribution in [2.24, 2.45) is 0 Å². The third-order valence-corrected chi connectivity index (χ3v) is 4.81. The number of para-hydroxylation sites is 1. The Morgan fingerprint density at radius 1 is 1.16 bits per heavy atom. The van der Waals surface area contributed by atoms with E-state index in [1.54, 1.807) is 11.3 Å². The molecule has 0 saturated heterocycles. The van der Waals surface area contributed by atoms with Gasteiger partial charge in [0.15, 0.2) is 0 Å². The molecular formula is C20H18NO3S-. The molecule has 0 aliphatic rings. The minimum absolute atomic E-state index is 0.0290. The van der Waals surface area contributed by atoms with Crippen LogP contribution in [0.2, 0.25) is 0 Å². The van der Waals surface area contributed by atoms with Crippen molar-refractivity contribution in [3.05, 3.63) is 59.1 Å². The molecule has 1 heterocycles. The predicted molar refractivity (Wildman–Crippen MR) is 99.3 cm³/mol. The minimum atomic E-state index is -1.06. The van der Waals surface area contributed by atoms with Gasteiger partial charge in [-0.1, -0.05) is 24.3 Å². The van der Waals surface area contributed by atoms with Gasteiger partial charge in [0.2, 0.25) is 0 Å². The molecular weight excluding hydrogens is 334 g/mol. The average Bonchev–Trinajstić information content (AvgIpc) is 3.04. The van der Waals surface area contributed by atoms with Gasteiger partial charge < -0.3 is 14.6 Å². The molecule has 0 aliphatic heterocycles. The van der Waals surface area contributed by atoms with Crippen LogP contribution < -0.4 is 9.84 Å². The number of aliphatic carboxylic acids is 1. The van der Waals surface area contributed by atoms with Crippen molar-refractivity contribution in [1.82, 2.24) is 4.98 Å². The van der Waals surface area contributed by atoms with Crippen LogP contribution >= 0.6 is 11.3 Å². The van der Waals surface area contributed by atoms with Gasteiger partial charge in [-0.05, 0) is 61.2 Å². The van der Waals surface area contributed by atoms with Gasteiger partial charge >= 0.3 is 0 Å². The van der Waals surface area contributed by atoms with Crippen molar-refractivity contribution in [2.75, 3.05) is 6.61 Å². The van der Waals surface area contributed by atoms with E-state index in [1.165, 1.54) is 0 Å². The summed E-state index contributed by atoms with van der Waals surface area (Å²) >= 11 is 1.57. The lowest BCUT2D eigenvalue weighted by Crippen LogP contribution is -2.21. The molecule has 0 N–H and O–H groups in total. The first kappa shape index (κ1) is 17.2. The fourth-order valence-corrected chi connectivity index (χ4v) is 3.52. The summed E-state index contributed by atoms with van der Waals surface area (Å²) in [6.45, 7) is 2.57. The molecule has 0 saturated carbocycles. The number of carboxylic acid groups (broad SMARTS) is 1. The first-order valence-electron chi connectivity index (χ1n) is 8.15. The van der Waals surface area contributed by atoms with Gasteiger partial charge in [-0.3, -0.25) is 0 Å². The number of hydrogen-bond acceptors (Lipinski definition) is 5. The Kier molecular flexibility index (Phi) is 5.46. The number of carboxylic acids is 1. The zero-order chi connectivity index (χ0) is 17.6. The molecule has 5 heteroatoms. The van der Waals surface area contributed by atoms with Gasteiger partial charge in [0.05, 0.1) is 16.8 Å². The summed E-state index contributed by atoms with van der Waals surface area (Å²) in [6.07, 6.45) is 2.34. The highest BCUT2D eigenvalue weighted by Crippen LogP contribution is 2.31. The molecule has 0 unspecified atom stereocenters. The van der Waals surface area contributed by atoms with Crippen LogP contribution in [0.5, 0.6) is 5.75 Å². The number of benzene rings is 2. The van der Waals surface area contributed by atoms with Crippen molar-refractivity contribution < 1.29 is 14.6 Å². The number of hydrogen-bond donors (Lipinski definition) is 0. The monoisotopic (exact) mass is 352 g/mol. The van der Waals surface area contributed by atoms with Gasteiger partial charge in [-0.25, -0.2) is 4.98 Å². The van der Waals surface area contributed by atoms with Crippen LogP contribution in [0.4, 0.5) is 0 Å². The predicted octanol–water partition coefficient (Wildman–Crippen LogP) is 3.77. The molecule has 0 fully saturated rings. The second kappa shape index (κ2) is 7.94. The Morgan fingerprint density at radius 3 is 2.60 bits per heavy atom. The summed E-state index contributed by atoms with van der Waals surface area (Å²) in [4.78, 5) is 15.6. The molecule has 25 heavy (non-hydrogen) atoms. The van der Waals surface area contributed by atoms with Gasteiger partial charge in [-0.2, -0.15) is 0 Å². The summed E-state index contributed by atoms with van der Waals surface area (Å²) in [5, 5.41) is 11.7. The summed E-state index contributed by atoms with van der Waals surface area (Å²) in [7, 11) is 0. The smallest absolute Gasteiger partial charge is 0.120 e. The highest BCUT2D eigenvalue weighted by molar-refractivity contribution is 7.19. The number of aromatic nitrogens is 1. The third kappa shape index (κ3) is 4.45.